The van der Waals surface area contributed by atoms with E-state index in [0.29, 0.717) is 5.56 Å². The highest BCUT2D eigenvalue weighted by Crippen LogP contribution is 2.23. The zero-order valence-corrected chi connectivity index (χ0v) is 15.2. The van der Waals surface area contributed by atoms with Crippen molar-refractivity contribution in [2.24, 2.45) is 0 Å². The van der Waals surface area contributed by atoms with E-state index in [2.05, 4.69) is 15.6 Å². The summed E-state index contributed by atoms with van der Waals surface area (Å²) in [6, 6.07) is 30.9. The molecular formula is C24H19N3O. The van der Waals surface area contributed by atoms with Gasteiger partial charge in [0, 0.05) is 23.1 Å². The smallest absolute Gasteiger partial charge is 0.255 e. The van der Waals surface area contributed by atoms with Crippen molar-refractivity contribution in [3.63, 3.8) is 0 Å². The van der Waals surface area contributed by atoms with Gasteiger partial charge in [-0.15, -0.1) is 0 Å². The van der Waals surface area contributed by atoms with Crippen LogP contribution in [0.3, 0.4) is 0 Å². The Kier molecular flexibility index (Phi) is 5.11. The van der Waals surface area contributed by atoms with Crippen LogP contribution in [-0.4, -0.2) is 10.9 Å². The number of hydrogen-bond donors (Lipinski definition) is 2. The predicted molar refractivity (Wildman–Crippen MR) is 114 cm³/mol. The quantitative estimate of drug-likeness (QED) is 0.474. The number of nitrogens with zero attached hydrogens (tertiary/aromatic N) is 1. The average molecular weight is 365 g/mol. The van der Waals surface area contributed by atoms with Crippen LogP contribution in [0.5, 0.6) is 0 Å². The van der Waals surface area contributed by atoms with Crippen molar-refractivity contribution >= 4 is 23.1 Å². The van der Waals surface area contributed by atoms with Gasteiger partial charge in [0.25, 0.3) is 5.91 Å². The highest BCUT2D eigenvalue weighted by Gasteiger charge is 2.07. The first-order valence-corrected chi connectivity index (χ1v) is 9.03. The second-order valence-corrected chi connectivity index (χ2v) is 6.32. The third-order valence-electron chi connectivity index (χ3n) is 4.32. The summed E-state index contributed by atoms with van der Waals surface area (Å²) < 4.78 is 0. The number of amides is 1. The summed E-state index contributed by atoms with van der Waals surface area (Å²) >= 11 is 0. The number of hydrogen-bond acceptors (Lipinski definition) is 3. The van der Waals surface area contributed by atoms with Gasteiger partial charge in [-0.05, 0) is 59.7 Å². The molecule has 28 heavy (non-hydrogen) atoms. The van der Waals surface area contributed by atoms with E-state index in [0.717, 1.165) is 28.3 Å². The molecule has 4 nitrogen and oxygen atoms in total. The van der Waals surface area contributed by atoms with Crippen LogP contribution in [0.2, 0.25) is 0 Å². The van der Waals surface area contributed by atoms with Crippen molar-refractivity contribution in [1.82, 2.24) is 4.98 Å². The van der Waals surface area contributed by atoms with Gasteiger partial charge in [-0.3, -0.25) is 4.79 Å². The van der Waals surface area contributed by atoms with Crippen molar-refractivity contribution in [2.75, 3.05) is 10.6 Å². The van der Waals surface area contributed by atoms with E-state index in [1.807, 2.05) is 97.1 Å². The largest absolute Gasteiger partial charge is 0.340 e. The number of benzene rings is 3. The molecule has 0 fully saturated rings. The van der Waals surface area contributed by atoms with Gasteiger partial charge in [-0.1, -0.05) is 48.5 Å². The van der Waals surface area contributed by atoms with Crippen LogP contribution in [0, 0.1) is 0 Å². The Morgan fingerprint density at radius 3 is 2.00 bits per heavy atom. The molecule has 0 saturated heterocycles. The Morgan fingerprint density at radius 1 is 0.679 bits per heavy atom. The fourth-order valence-corrected chi connectivity index (χ4v) is 2.89. The standard InChI is InChI=1S/C24H19N3O/c28-24(27-22-9-5-2-6-10-22)19-13-11-18(12-14-19)20-15-16-25-23(17-20)26-21-7-3-1-4-8-21/h1-17H,(H,25,26)(H,27,28). The summed E-state index contributed by atoms with van der Waals surface area (Å²) in [5.41, 5.74) is 4.44. The number of carbonyl (C=O) groups excluding carboxylic acids is 1. The van der Waals surface area contributed by atoms with Crippen molar-refractivity contribution in [3.05, 3.63) is 109 Å². The van der Waals surface area contributed by atoms with E-state index < -0.39 is 0 Å². The van der Waals surface area contributed by atoms with Crippen LogP contribution in [0.4, 0.5) is 17.2 Å². The summed E-state index contributed by atoms with van der Waals surface area (Å²) in [5.74, 6) is 0.647. The first kappa shape index (κ1) is 17.5. The van der Waals surface area contributed by atoms with Crippen molar-refractivity contribution in [3.8, 4) is 11.1 Å². The van der Waals surface area contributed by atoms with Gasteiger partial charge in [0.15, 0.2) is 0 Å². The molecule has 136 valence electrons. The summed E-state index contributed by atoms with van der Waals surface area (Å²) in [4.78, 5) is 16.8. The monoisotopic (exact) mass is 365 g/mol. The summed E-state index contributed by atoms with van der Waals surface area (Å²) in [5, 5.41) is 6.19. The minimum absolute atomic E-state index is 0.126. The molecule has 0 unspecified atom stereocenters. The third-order valence-corrected chi connectivity index (χ3v) is 4.32. The van der Waals surface area contributed by atoms with Crippen LogP contribution in [0.25, 0.3) is 11.1 Å². The second-order valence-electron chi connectivity index (χ2n) is 6.32. The Balaban J connectivity index is 1.49. The van der Waals surface area contributed by atoms with E-state index in [4.69, 9.17) is 0 Å². The molecule has 0 spiro atoms. The molecule has 2 N–H and O–H groups in total. The average Bonchev–Trinajstić information content (AvgIpc) is 2.75. The van der Waals surface area contributed by atoms with Crippen molar-refractivity contribution in [2.45, 2.75) is 0 Å². The number of aromatic nitrogens is 1. The second kappa shape index (κ2) is 8.18. The topological polar surface area (TPSA) is 54.0 Å². The van der Waals surface area contributed by atoms with Crippen molar-refractivity contribution in [1.29, 1.82) is 0 Å². The number of pyridine rings is 1. The van der Waals surface area contributed by atoms with Crippen LogP contribution in [-0.2, 0) is 0 Å². The maximum atomic E-state index is 12.4. The van der Waals surface area contributed by atoms with Gasteiger partial charge in [0.1, 0.15) is 5.82 Å². The lowest BCUT2D eigenvalue weighted by atomic mass is 10.0. The van der Waals surface area contributed by atoms with E-state index in [1.54, 1.807) is 6.20 Å². The van der Waals surface area contributed by atoms with Gasteiger partial charge in [0.05, 0.1) is 0 Å². The number of carbonyl (C=O) groups is 1. The molecule has 3 aromatic carbocycles. The Hall–Kier alpha value is -3.92. The summed E-state index contributed by atoms with van der Waals surface area (Å²) in [6.45, 7) is 0. The van der Waals surface area contributed by atoms with Gasteiger partial charge < -0.3 is 10.6 Å². The summed E-state index contributed by atoms with van der Waals surface area (Å²) in [7, 11) is 0. The third kappa shape index (κ3) is 4.24. The normalized spacial score (nSPS) is 10.3. The molecule has 4 aromatic rings. The first-order chi connectivity index (χ1) is 13.8. The van der Waals surface area contributed by atoms with Crippen LogP contribution in [0.1, 0.15) is 10.4 Å². The fourth-order valence-electron chi connectivity index (χ4n) is 2.89. The minimum Gasteiger partial charge on any atom is -0.340 e. The van der Waals surface area contributed by atoms with Crippen LogP contribution < -0.4 is 10.6 Å². The lowest BCUT2D eigenvalue weighted by Crippen LogP contribution is -2.11. The Labute approximate surface area is 163 Å². The predicted octanol–water partition coefficient (Wildman–Crippen LogP) is 5.74. The summed E-state index contributed by atoms with van der Waals surface area (Å²) in [6.07, 6.45) is 1.77. The molecule has 0 aliphatic heterocycles. The number of para-hydroxylation sites is 2. The highest BCUT2D eigenvalue weighted by atomic mass is 16.1. The van der Waals surface area contributed by atoms with Gasteiger partial charge in [-0.25, -0.2) is 4.98 Å². The zero-order chi connectivity index (χ0) is 19.2. The number of rotatable bonds is 5. The van der Waals surface area contributed by atoms with E-state index in [-0.39, 0.29) is 5.91 Å². The van der Waals surface area contributed by atoms with E-state index >= 15 is 0 Å². The molecule has 0 bridgehead atoms. The molecule has 1 amide bonds. The Morgan fingerprint density at radius 2 is 1.32 bits per heavy atom. The van der Waals surface area contributed by atoms with Crippen molar-refractivity contribution < 1.29 is 4.79 Å². The molecule has 4 heteroatoms. The zero-order valence-electron chi connectivity index (χ0n) is 15.2. The van der Waals surface area contributed by atoms with E-state index in [9.17, 15) is 4.79 Å². The molecule has 1 aromatic heterocycles. The number of anilines is 3. The SMILES string of the molecule is O=C(Nc1ccccc1)c1ccc(-c2ccnc(Nc3ccccc3)c2)cc1. The fraction of sp³-hybridized carbons (Fsp3) is 0. The highest BCUT2D eigenvalue weighted by molar-refractivity contribution is 6.04. The lowest BCUT2D eigenvalue weighted by Gasteiger charge is -2.09. The molecule has 0 atom stereocenters. The molecule has 4 rings (SSSR count). The van der Waals surface area contributed by atoms with Gasteiger partial charge >= 0.3 is 0 Å². The Bertz CT molecular complexity index is 1060. The molecule has 1 heterocycles. The minimum atomic E-state index is -0.126. The number of nitrogens with one attached hydrogen (secondary N) is 2. The van der Waals surface area contributed by atoms with Crippen LogP contribution >= 0.6 is 0 Å². The van der Waals surface area contributed by atoms with Gasteiger partial charge in [0.2, 0.25) is 0 Å². The molecule has 0 saturated carbocycles. The lowest BCUT2D eigenvalue weighted by molar-refractivity contribution is 0.102. The van der Waals surface area contributed by atoms with Gasteiger partial charge in [-0.2, -0.15) is 0 Å². The van der Waals surface area contributed by atoms with E-state index in [1.165, 1.54) is 0 Å². The molecule has 0 radical (unpaired) electrons. The maximum absolute atomic E-state index is 12.4. The molecular weight excluding hydrogens is 346 g/mol. The first-order valence-electron chi connectivity index (χ1n) is 9.03. The maximum Gasteiger partial charge on any atom is 0.255 e. The molecule has 0 aliphatic rings. The van der Waals surface area contributed by atoms with Crippen LogP contribution in [0.15, 0.2) is 103 Å². The molecule has 0 aliphatic carbocycles.